The molecule has 1 N–H and O–H groups in total. The molecular weight excluding hydrogens is 345 g/mol. The first-order valence-electron chi connectivity index (χ1n) is 8.56. The fourth-order valence-corrected chi connectivity index (χ4v) is 2.87. The number of aliphatic hydroxyl groups is 1. The Morgan fingerprint density at radius 3 is 2.19 bits per heavy atom. The number of alkyl halides is 3. The van der Waals surface area contributed by atoms with Crippen molar-refractivity contribution in [2.75, 3.05) is 0 Å². The number of hydrazone groups is 1. The van der Waals surface area contributed by atoms with Crippen LogP contribution in [0.5, 0.6) is 0 Å². The Morgan fingerprint density at radius 1 is 1.23 bits per heavy atom. The highest BCUT2D eigenvalue weighted by molar-refractivity contribution is 5.98. The second-order valence-corrected chi connectivity index (χ2v) is 8.20. The minimum Gasteiger partial charge on any atom is -0.362 e. The second-order valence-electron chi connectivity index (χ2n) is 8.20. The molecule has 1 heterocycles. The van der Waals surface area contributed by atoms with Crippen molar-refractivity contribution in [3.8, 4) is 0 Å². The van der Waals surface area contributed by atoms with Crippen molar-refractivity contribution >= 4 is 11.6 Å². The molecule has 2 rings (SSSR count). The lowest BCUT2D eigenvalue weighted by atomic mass is 9.86. The summed E-state index contributed by atoms with van der Waals surface area (Å²) >= 11 is 0. The van der Waals surface area contributed by atoms with Crippen LogP contribution < -0.4 is 0 Å². The second kappa shape index (κ2) is 6.68. The van der Waals surface area contributed by atoms with Crippen LogP contribution in [-0.4, -0.2) is 33.6 Å². The molecule has 1 aliphatic heterocycles. The maximum Gasteiger partial charge on any atom is 0.438 e. The number of amides is 1. The van der Waals surface area contributed by atoms with Gasteiger partial charge in [0.15, 0.2) is 0 Å². The molecule has 0 aromatic heterocycles. The van der Waals surface area contributed by atoms with E-state index in [4.69, 9.17) is 0 Å². The van der Waals surface area contributed by atoms with Crippen LogP contribution in [0.4, 0.5) is 13.2 Å². The Labute approximate surface area is 151 Å². The first-order valence-corrected chi connectivity index (χ1v) is 8.56. The van der Waals surface area contributed by atoms with Gasteiger partial charge in [-0.2, -0.15) is 23.3 Å². The SMILES string of the molecule is CC(C)CC1=NN(C(=O)c2ccc(C(C)(C)C)cc2)[C@@](O)(C(F)(F)F)C1. The van der Waals surface area contributed by atoms with Gasteiger partial charge in [-0.15, -0.1) is 0 Å². The van der Waals surface area contributed by atoms with Crippen molar-refractivity contribution in [2.45, 2.75) is 64.8 Å². The van der Waals surface area contributed by atoms with Gasteiger partial charge in [-0.1, -0.05) is 46.8 Å². The average molecular weight is 370 g/mol. The van der Waals surface area contributed by atoms with Gasteiger partial charge in [-0.3, -0.25) is 4.79 Å². The topological polar surface area (TPSA) is 52.9 Å². The molecule has 0 saturated carbocycles. The molecule has 1 aliphatic rings. The summed E-state index contributed by atoms with van der Waals surface area (Å²) in [5.74, 6) is -0.906. The van der Waals surface area contributed by atoms with Crippen LogP contribution in [0.2, 0.25) is 0 Å². The zero-order valence-electron chi connectivity index (χ0n) is 15.7. The Balaban J connectivity index is 2.38. The number of hydrogen-bond donors (Lipinski definition) is 1. The zero-order chi connectivity index (χ0) is 19.9. The Kier molecular flexibility index (Phi) is 5.25. The largest absolute Gasteiger partial charge is 0.438 e. The van der Waals surface area contributed by atoms with E-state index in [9.17, 15) is 23.1 Å². The van der Waals surface area contributed by atoms with Gasteiger partial charge in [0.05, 0.1) is 0 Å². The van der Waals surface area contributed by atoms with E-state index in [1.807, 2.05) is 34.6 Å². The third-order valence-electron chi connectivity index (χ3n) is 4.33. The van der Waals surface area contributed by atoms with Crippen molar-refractivity contribution < 1.29 is 23.1 Å². The molecule has 0 unspecified atom stereocenters. The summed E-state index contributed by atoms with van der Waals surface area (Å²) in [6.45, 7) is 9.66. The van der Waals surface area contributed by atoms with Crippen LogP contribution in [0.15, 0.2) is 29.4 Å². The van der Waals surface area contributed by atoms with Gasteiger partial charge in [0.1, 0.15) is 0 Å². The molecule has 0 fully saturated rings. The van der Waals surface area contributed by atoms with Gasteiger partial charge in [0, 0.05) is 17.7 Å². The Hall–Kier alpha value is -1.89. The lowest BCUT2D eigenvalue weighted by Crippen LogP contribution is -2.56. The molecule has 0 spiro atoms. The molecule has 1 amide bonds. The lowest BCUT2D eigenvalue weighted by molar-refractivity contribution is -0.297. The van der Waals surface area contributed by atoms with E-state index in [0.29, 0.717) is 0 Å². The van der Waals surface area contributed by atoms with E-state index >= 15 is 0 Å². The molecule has 0 radical (unpaired) electrons. The van der Waals surface area contributed by atoms with Crippen LogP contribution in [0.3, 0.4) is 0 Å². The number of nitrogens with zero attached hydrogens (tertiary/aromatic N) is 2. The molecule has 1 aromatic carbocycles. The number of hydrogen-bond acceptors (Lipinski definition) is 3. The Bertz CT molecular complexity index is 703. The van der Waals surface area contributed by atoms with E-state index in [0.717, 1.165) is 5.56 Å². The van der Waals surface area contributed by atoms with Gasteiger partial charge in [0.25, 0.3) is 11.6 Å². The summed E-state index contributed by atoms with van der Waals surface area (Å²) < 4.78 is 40.5. The molecule has 144 valence electrons. The molecule has 4 nitrogen and oxygen atoms in total. The summed E-state index contributed by atoms with van der Waals surface area (Å²) in [5.41, 5.74) is -2.29. The zero-order valence-corrected chi connectivity index (χ0v) is 15.7. The van der Waals surface area contributed by atoms with Crippen molar-refractivity contribution in [1.82, 2.24) is 5.01 Å². The van der Waals surface area contributed by atoms with E-state index < -0.39 is 24.2 Å². The number of rotatable bonds is 3. The van der Waals surface area contributed by atoms with Crippen molar-refractivity contribution in [1.29, 1.82) is 0 Å². The summed E-state index contributed by atoms with van der Waals surface area (Å²) in [5, 5.41) is 14.3. The van der Waals surface area contributed by atoms with E-state index in [1.165, 1.54) is 12.1 Å². The van der Waals surface area contributed by atoms with E-state index in [2.05, 4.69) is 5.10 Å². The molecule has 7 heteroatoms. The normalized spacial score (nSPS) is 21.3. The maximum absolute atomic E-state index is 13.5. The quantitative estimate of drug-likeness (QED) is 0.853. The Morgan fingerprint density at radius 2 is 1.77 bits per heavy atom. The van der Waals surface area contributed by atoms with Crippen molar-refractivity contribution in [3.63, 3.8) is 0 Å². The highest BCUT2D eigenvalue weighted by Crippen LogP contribution is 2.41. The molecule has 1 aromatic rings. The molecule has 0 saturated heterocycles. The van der Waals surface area contributed by atoms with Crippen LogP contribution in [0, 0.1) is 5.92 Å². The van der Waals surface area contributed by atoms with Gasteiger partial charge < -0.3 is 5.11 Å². The van der Waals surface area contributed by atoms with Crippen molar-refractivity contribution in [2.24, 2.45) is 11.0 Å². The summed E-state index contributed by atoms with van der Waals surface area (Å²) in [4.78, 5) is 12.7. The predicted molar refractivity (Wildman–Crippen MR) is 93.8 cm³/mol. The van der Waals surface area contributed by atoms with E-state index in [1.54, 1.807) is 12.1 Å². The first kappa shape index (κ1) is 20.4. The molecular formula is C19H25F3N2O2. The number of carbonyl (C=O) groups is 1. The summed E-state index contributed by atoms with van der Waals surface area (Å²) in [7, 11) is 0. The third kappa shape index (κ3) is 3.92. The third-order valence-corrected chi connectivity index (χ3v) is 4.33. The maximum atomic E-state index is 13.5. The highest BCUT2D eigenvalue weighted by atomic mass is 19.4. The molecule has 0 aliphatic carbocycles. The van der Waals surface area contributed by atoms with Gasteiger partial charge in [-0.25, -0.2) is 0 Å². The fraction of sp³-hybridized carbons (Fsp3) is 0.579. The van der Waals surface area contributed by atoms with E-state index in [-0.39, 0.29) is 34.0 Å². The minimum absolute atomic E-state index is 0.0511. The summed E-state index contributed by atoms with van der Waals surface area (Å²) in [6.07, 6.45) is -5.44. The minimum atomic E-state index is -5.00. The first-order chi connectivity index (χ1) is 11.8. The average Bonchev–Trinajstić information content (AvgIpc) is 2.82. The number of carbonyl (C=O) groups excluding carboxylic acids is 1. The van der Waals surface area contributed by atoms with Gasteiger partial charge in [-0.05, 0) is 35.4 Å². The summed E-state index contributed by atoms with van der Waals surface area (Å²) in [6, 6.07) is 6.34. The smallest absolute Gasteiger partial charge is 0.362 e. The van der Waals surface area contributed by atoms with Crippen LogP contribution in [0.25, 0.3) is 0 Å². The monoisotopic (exact) mass is 370 g/mol. The highest BCUT2D eigenvalue weighted by Gasteiger charge is 2.63. The fourth-order valence-electron chi connectivity index (χ4n) is 2.87. The number of halogens is 3. The number of benzene rings is 1. The standard InChI is InChI=1S/C19H25F3N2O2/c1-12(2)10-15-11-18(26,19(20,21)22)24(23-15)16(25)13-6-8-14(9-7-13)17(3,4)5/h6-9,12,26H,10-11H2,1-5H3/t18-/m0/s1. The van der Waals surface area contributed by atoms with Gasteiger partial charge >= 0.3 is 6.18 Å². The molecule has 26 heavy (non-hydrogen) atoms. The van der Waals surface area contributed by atoms with Gasteiger partial charge in [0.2, 0.25) is 0 Å². The predicted octanol–water partition coefficient (Wildman–Crippen LogP) is 4.48. The van der Waals surface area contributed by atoms with Crippen LogP contribution in [0.1, 0.15) is 63.4 Å². The van der Waals surface area contributed by atoms with Crippen molar-refractivity contribution in [3.05, 3.63) is 35.4 Å². The molecule has 0 bridgehead atoms. The molecule has 1 atom stereocenters. The van der Waals surface area contributed by atoms with Crippen LogP contribution in [-0.2, 0) is 5.41 Å². The van der Waals surface area contributed by atoms with Crippen LogP contribution >= 0.6 is 0 Å². The lowest BCUT2D eigenvalue weighted by Gasteiger charge is -2.32.